The van der Waals surface area contributed by atoms with Crippen molar-refractivity contribution in [3.8, 4) is 0 Å². The summed E-state index contributed by atoms with van der Waals surface area (Å²) in [6.07, 6.45) is -5.79. The Balaban J connectivity index is 3.88. The van der Waals surface area contributed by atoms with E-state index in [-0.39, 0.29) is 6.04 Å². The third-order valence-electron chi connectivity index (χ3n) is 2.08. The second-order valence-corrected chi connectivity index (χ2v) is 3.56. The lowest BCUT2D eigenvalue weighted by Crippen LogP contribution is -2.34. The van der Waals surface area contributed by atoms with Crippen LogP contribution in [0.4, 0.5) is 13.2 Å². The van der Waals surface area contributed by atoms with Gasteiger partial charge >= 0.3 is 6.18 Å². The van der Waals surface area contributed by atoms with Crippen LogP contribution in [0.15, 0.2) is 0 Å². The summed E-state index contributed by atoms with van der Waals surface area (Å²) < 4.78 is 41.1. The van der Waals surface area contributed by atoms with Crippen molar-refractivity contribution in [1.82, 2.24) is 5.32 Å². The Bertz CT molecular complexity index is 161. The van der Waals surface area contributed by atoms with E-state index in [2.05, 4.69) is 5.32 Å². The van der Waals surface area contributed by atoms with Gasteiger partial charge in [0.25, 0.3) is 0 Å². The zero-order chi connectivity index (χ0) is 11.4. The standard InChI is InChI=1S/C9H18F3NO/c1-6(13-4)5-7(2)14-8(3)9(10,11)12/h6-8,13H,5H2,1-4H3. The highest BCUT2D eigenvalue weighted by atomic mass is 19.4. The van der Waals surface area contributed by atoms with E-state index in [0.29, 0.717) is 6.42 Å². The summed E-state index contributed by atoms with van der Waals surface area (Å²) in [7, 11) is 1.77. The Morgan fingerprint density at radius 3 is 2.07 bits per heavy atom. The predicted octanol–water partition coefficient (Wildman–Crippen LogP) is 2.34. The van der Waals surface area contributed by atoms with Crippen LogP contribution in [0.3, 0.4) is 0 Å². The second-order valence-electron chi connectivity index (χ2n) is 3.56. The average molecular weight is 213 g/mol. The van der Waals surface area contributed by atoms with Crippen molar-refractivity contribution in [2.24, 2.45) is 0 Å². The Labute approximate surface area is 82.8 Å². The first-order valence-corrected chi connectivity index (χ1v) is 4.66. The van der Waals surface area contributed by atoms with Gasteiger partial charge in [-0.05, 0) is 34.2 Å². The molecule has 0 aromatic heterocycles. The molecule has 0 aromatic carbocycles. The summed E-state index contributed by atoms with van der Waals surface area (Å²) in [5.74, 6) is 0. The van der Waals surface area contributed by atoms with Gasteiger partial charge in [0.05, 0.1) is 6.10 Å². The van der Waals surface area contributed by atoms with Crippen LogP contribution in [-0.2, 0) is 4.74 Å². The van der Waals surface area contributed by atoms with E-state index in [1.165, 1.54) is 0 Å². The van der Waals surface area contributed by atoms with E-state index < -0.39 is 18.4 Å². The smallest absolute Gasteiger partial charge is 0.366 e. The number of hydrogen-bond donors (Lipinski definition) is 1. The van der Waals surface area contributed by atoms with E-state index in [9.17, 15) is 13.2 Å². The number of ether oxygens (including phenoxy) is 1. The van der Waals surface area contributed by atoms with E-state index in [4.69, 9.17) is 4.74 Å². The van der Waals surface area contributed by atoms with Crippen molar-refractivity contribution < 1.29 is 17.9 Å². The quantitative estimate of drug-likeness (QED) is 0.756. The maximum absolute atomic E-state index is 12.1. The summed E-state index contributed by atoms with van der Waals surface area (Å²) in [5, 5.41) is 2.95. The van der Waals surface area contributed by atoms with Gasteiger partial charge in [0.1, 0.15) is 0 Å². The normalized spacial score (nSPS) is 19.1. The van der Waals surface area contributed by atoms with Crippen LogP contribution in [0.1, 0.15) is 27.2 Å². The minimum atomic E-state index is -4.27. The molecule has 86 valence electrons. The molecule has 0 spiro atoms. The van der Waals surface area contributed by atoms with Crippen molar-refractivity contribution >= 4 is 0 Å². The first kappa shape index (κ1) is 13.7. The molecule has 0 radical (unpaired) electrons. The Morgan fingerprint density at radius 1 is 1.21 bits per heavy atom. The van der Waals surface area contributed by atoms with Crippen molar-refractivity contribution in [3.05, 3.63) is 0 Å². The summed E-state index contributed by atoms with van der Waals surface area (Å²) in [6, 6.07) is 0.158. The van der Waals surface area contributed by atoms with E-state index in [0.717, 1.165) is 6.92 Å². The molecular formula is C9H18F3NO. The molecule has 0 amide bonds. The first-order valence-electron chi connectivity index (χ1n) is 4.66. The van der Waals surface area contributed by atoms with Gasteiger partial charge in [-0.15, -0.1) is 0 Å². The van der Waals surface area contributed by atoms with Gasteiger partial charge < -0.3 is 10.1 Å². The molecule has 0 aromatic rings. The predicted molar refractivity (Wildman–Crippen MR) is 49.2 cm³/mol. The van der Waals surface area contributed by atoms with Gasteiger partial charge in [-0.3, -0.25) is 0 Å². The molecule has 3 atom stereocenters. The third-order valence-corrected chi connectivity index (χ3v) is 2.08. The Morgan fingerprint density at radius 2 is 1.71 bits per heavy atom. The maximum atomic E-state index is 12.1. The average Bonchev–Trinajstić information content (AvgIpc) is 2.02. The van der Waals surface area contributed by atoms with Crippen molar-refractivity contribution in [2.75, 3.05) is 7.05 Å². The zero-order valence-corrected chi connectivity index (χ0v) is 8.98. The van der Waals surface area contributed by atoms with Crippen LogP contribution >= 0.6 is 0 Å². The third kappa shape index (κ3) is 5.44. The molecule has 2 nitrogen and oxygen atoms in total. The molecular weight excluding hydrogens is 195 g/mol. The van der Waals surface area contributed by atoms with Gasteiger partial charge in [-0.25, -0.2) is 0 Å². The number of rotatable bonds is 5. The Kier molecular flexibility index (Phi) is 5.44. The minimum absolute atomic E-state index is 0.158. The lowest BCUT2D eigenvalue weighted by molar-refractivity contribution is -0.225. The molecule has 0 rings (SSSR count). The zero-order valence-electron chi connectivity index (χ0n) is 8.98. The summed E-state index contributed by atoms with van der Waals surface area (Å²) in [6.45, 7) is 4.58. The highest BCUT2D eigenvalue weighted by Crippen LogP contribution is 2.24. The van der Waals surface area contributed by atoms with Crippen LogP contribution < -0.4 is 5.32 Å². The van der Waals surface area contributed by atoms with Gasteiger partial charge in [0.2, 0.25) is 0 Å². The lowest BCUT2D eigenvalue weighted by atomic mass is 10.1. The van der Waals surface area contributed by atoms with Crippen LogP contribution in [0.5, 0.6) is 0 Å². The van der Waals surface area contributed by atoms with Gasteiger partial charge in [0.15, 0.2) is 6.10 Å². The number of halogens is 3. The molecule has 0 heterocycles. The van der Waals surface area contributed by atoms with Crippen molar-refractivity contribution in [3.63, 3.8) is 0 Å². The van der Waals surface area contributed by atoms with Crippen molar-refractivity contribution in [1.29, 1.82) is 0 Å². The lowest BCUT2D eigenvalue weighted by Gasteiger charge is -2.23. The fourth-order valence-corrected chi connectivity index (χ4v) is 1.10. The monoisotopic (exact) mass is 213 g/mol. The Hall–Kier alpha value is -0.290. The van der Waals surface area contributed by atoms with Crippen LogP contribution in [0.25, 0.3) is 0 Å². The van der Waals surface area contributed by atoms with E-state index >= 15 is 0 Å². The minimum Gasteiger partial charge on any atom is -0.366 e. The molecule has 5 heteroatoms. The SMILES string of the molecule is CNC(C)CC(C)OC(C)C(F)(F)F. The van der Waals surface area contributed by atoms with Crippen molar-refractivity contribution in [2.45, 2.75) is 51.6 Å². The molecule has 1 N–H and O–H groups in total. The van der Waals surface area contributed by atoms with Gasteiger partial charge in [0, 0.05) is 6.04 Å². The largest absolute Gasteiger partial charge is 0.414 e. The van der Waals surface area contributed by atoms with Crippen LogP contribution in [0, 0.1) is 0 Å². The van der Waals surface area contributed by atoms with E-state index in [1.807, 2.05) is 6.92 Å². The van der Waals surface area contributed by atoms with Gasteiger partial charge in [-0.1, -0.05) is 0 Å². The first-order chi connectivity index (χ1) is 6.27. The highest BCUT2D eigenvalue weighted by Gasteiger charge is 2.37. The molecule has 14 heavy (non-hydrogen) atoms. The molecule has 0 fully saturated rings. The highest BCUT2D eigenvalue weighted by molar-refractivity contribution is 4.67. The summed E-state index contributed by atoms with van der Waals surface area (Å²) in [4.78, 5) is 0. The maximum Gasteiger partial charge on any atom is 0.414 e. The number of nitrogens with one attached hydrogen (secondary N) is 1. The van der Waals surface area contributed by atoms with Crippen LogP contribution in [-0.4, -0.2) is 31.5 Å². The molecule has 0 aliphatic rings. The molecule has 0 aliphatic heterocycles. The number of hydrogen-bond acceptors (Lipinski definition) is 2. The fraction of sp³-hybridized carbons (Fsp3) is 1.00. The summed E-state index contributed by atoms with van der Waals surface area (Å²) in [5.41, 5.74) is 0. The molecule has 3 unspecified atom stereocenters. The molecule has 0 saturated carbocycles. The molecule has 0 bridgehead atoms. The molecule has 0 saturated heterocycles. The van der Waals surface area contributed by atoms with E-state index in [1.54, 1.807) is 14.0 Å². The fourth-order valence-electron chi connectivity index (χ4n) is 1.10. The number of alkyl halides is 3. The van der Waals surface area contributed by atoms with Crippen LogP contribution in [0.2, 0.25) is 0 Å². The molecule has 0 aliphatic carbocycles. The van der Waals surface area contributed by atoms with Gasteiger partial charge in [-0.2, -0.15) is 13.2 Å². The second kappa shape index (κ2) is 5.56. The topological polar surface area (TPSA) is 21.3 Å². The summed E-state index contributed by atoms with van der Waals surface area (Å²) >= 11 is 0.